The first kappa shape index (κ1) is 25.5. The standard InChI is InChI=1S/C23H26F3N5O5/c1-22(2,13-32)29-20(33)36-17-11-27-19(28-18(17)23(24,25)26)30-9-7-15(8-10-30)31-16-6-4-3-5-14(16)12-35-21(31)34/h3-6,11,15,32H,7-10,12-13H2,1-2H3,(H,29,33). The van der Waals surface area contributed by atoms with Crippen molar-refractivity contribution < 1.29 is 37.3 Å². The molecule has 0 saturated carbocycles. The summed E-state index contributed by atoms with van der Waals surface area (Å²) in [5.74, 6) is -1.01. The number of ether oxygens (including phenoxy) is 2. The predicted octanol–water partition coefficient (Wildman–Crippen LogP) is 3.48. The molecule has 0 unspecified atom stereocenters. The Balaban J connectivity index is 1.48. The van der Waals surface area contributed by atoms with E-state index in [1.807, 2.05) is 24.3 Å². The number of aliphatic hydroxyl groups excluding tert-OH is 1. The van der Waals surface area contributed by atoms with Crippen LogP contribution in [0, 0.1) is 0 Å². The van der Waals surface area contributed by atoms with Gasteiger partial charge in [-0.1, -0.05) is 18.2 Å². The zero-order chi connectivity index (χ0) is 26.1. The molecule has 2 amide bonds. The zero-order valence-corrected chi connectivity index (χ0v) is 19.7. The fraction of sp³-hybridized carbons (Fsp3) is 0.478. The number of carbonyl (C=O) groups is 2. The molecular formula is C23H26F3N5O5. The summed E-state index contributed by atoms with van der Waals surface area (Å²) in [5, 5.41) is 11.5. The highest BCUT2D eigenvalue weighted by Crippen LogP contribution is 2.36. The number of anilines is 2. The Morgan fingerprint density at radius 1 is 1.25 bits per heavy atom. The number of benzene rings is 1. The van der Waals surface area contributed by atoms with Crippen LogP contribution in [-0.2, 0) is 17.5 Å². The van der Waals surface area contributed by atoms with Crippen LogP contribution in [0.4, 0.5) is 34.4 Å². The van der Waals surface area contributed by atoms with Gasteiger partial charge < -0.3 is 24.8 Å². The number of piperidine rings is 1. The number of hydrogen-bond acceptors (Lipinski definition) is 8. The second-order valence-electron chi connectivity index (χ2n) is 9.21. The number of cyclic esters (lactones) is 1. The third-order valence-corrected chi connectivity index (χ3v) is 5.96. The molecule has 2 aromatic rings. The average molecular weight is 509 g/mol. The normalized spacial score (nSPS) is 16.9. The second-order valence-corrected chi connectivity index (χ2v) is 9.21. The molecule has 194 valence electrons. The maximum atomic E-state index is 13.7. The lowest BCUT2D eigenvalue weighted by Crippen LogP contribution is -2.49. The topological polar surface area (TPSA) is 117 Å². The monoisotopic (exact) mass is 509 g/mol. The van der Waals surface area contributed by atoms with Crippen molar-refractivity contribution in [3.8, 4) is 5.75 Å². The largest absolute Gasteiger partial charge is 0.444 e. The van der Waals surface area contributed by atoms with Gasteiger partial charge in [-0.15, -0.1) is 0 Å². The number of nitrogens with one attached hydrogen (secondary N) is 1. The number of para-hydroxylation sites is 1. The lowest BCUT2D eigenvalue weighted by Gasteiger charge is -2.40. The molecule has 2 aliphatic heterocycles. The predicted molar refractivity (Wildman–Crippen MR) is 122 cm³/mol. The van der Waals surface area contributed by atoms with Crippen molar-refractivity contribution in [1.29, 1.82) is 0 Å². The first-order valence-electron chi connectivity index (χ1n) is 11.3. The van der Waals surface area contributed by atoms with E-state index in [-0.39, 0.29) is 18.6 Å². The van der Waals surface area contributed by atoms with Crippen LogP contribution < -0.4 is 19.9 Å². The summed E-state index contributed by atoms with van der Waals surface area (Å²) in [4.78, 5) is 35.3. The minimum Gasteiger partial charge on any atom is -0.444 e. The number of amides is 2. The Bertz CT molecular complexity index is 1140. The van der Waals surface area contributed by atoms with Crippen LogP contribution in [0.3, 0.4) is 0 Å². The fourth-order valence-corrected chi connectivity index (χ4v) is 4.08. The number of rotatable bonds is 5. The van der Waals surface area contributed by atoms with Gasteiger partial charge >= 0.3 is 18.4 Å². The molecule has 0 bridgehead atoms. The van der Waals surface area contributed by atoms with Crippen molar-refractivity contribution in [1.82, 2.24) is 15.3 Å². The lowest BCUT2D eigenvalue weighted by molar-refractivity contribution is -0.142. The number of aromatic nitrogens is 2. The first-order chi connectivity index (χ1) is 17.0. The molecule has 10 nitrogen and oxygen atoms in total. The number of aliphatic hydroxyl groups is 1. The van der Waals surface area contributed by atoms with Crippen LogP contribution in [0.25, 0.3) is 0 Å². The van der Waals surface area contributed by atoms with E-state index in [9.17, 15) is 27.9 Å². The van der Waals surface area contributed by atoms with E-state index >= 15 is 0 Å². The molecule has 1 aromatic heterocycles. The number of fused-ring (bicyclic) bond motifs is 1. The quantitative estimate of drug-likeness (QED) is 0.629. The Hall–Kier alpha value is -3.61. The van der Waals surface area contributed by atoms with Gasteiger partial charge in [0.2, 0.25) is 5.95 Å². The average Bonchev–Trinajstić information content (AvgIpc) is 2.83. The molecule has 3 heterocycles. The summed E-state index contributed by atoms with van der Waals surface area (Å²) in [6.45, 7) is 3.32. The third kappa shape index (κ3) is 5.45. The van der Waals surface area contributed by atoms with Gasteiger partial charge in [-0.2, -0.15) is 13.2 Å². The highest BCUT2D eigenvalue weighted by atomic mass is 19.4. The van der Waals surface area contributed by atoms with Gasteiger partial charge in [0.05, 0.1) is 24.0 Å². The molecule has 0 radical (unpaired) electrons. The van der Waals surface area contributed by atoms with Gasteiger partial charge in [-0.3, -0.25) is 4.90 Å². The Morgan fingerprint density at radius 3 is 2.61 bits per heavy atom. The van der Waals surface area contributed by atoms with E-state index in [2.05, 4.69) is 15.3 Å². The fourth-order valence-electron chi connectivity index (χ4n) is 4.08. The van der Waals surface area contributed by atoms with E-state index in [0.717, 1.165) is 17.4 Å². The van der Waals surface area contributed by atoms with Crippen LogP contribution in [0.1, 0.15) is 37.9 Å². The summed E-state index contributed by atoms with van der Waals surface area (Å²) < 4.78 is 51.3. The lowest BCUT2D eigenvalue weighted by atomic mass is 10.0. The van der Waals surface area contributed by atoms with Crippen molar-refractivity contribution in [3.05, 3.63) is 41.7 Å². The molecule has 0 aliphatic carbocycles. The van der Waals surface area contributed by atoms with E-state index in [1.54, 1.807) is 9.80 Å². The van der Waals surface area contributed by atoms with Gasteiger partial charge in [0.1, 0.15) is 6.61 Å². The highest BCUT2D eigenvalue weighted by Gasteiger charge is 2.40. The molecule has 13 heteroatoms. The summed E-state index contributed by atoms with van der Waals surface area (Å²) in [6.07, 6.45) is -4.80. The van der Waals surface area contributed by atoms with Crippen LogP contribution in [0.15, 0.2) is 30.5 Å². The number of halogens is 3. The molecule has 0 spiro atoms. The molecule has 1 aromatic carbocycles. The summed E-state index contributed by atoms with van der Waals surface area (Å²) >= 11 is 0. The van der Waals surface area contributed by atoms with Gasteiger partial charge in [-0.05, 0) is 32.8 Å². The van der Waals surface area contributed by atoms with Crippen LogP contribution in [0.2, 0.25) is 0 Å². The van der Waals surface area contributed by atoms with Gasteiger partial charge in [0.25, 0.3) is 0 Å². The smallest absolute Gasteiger partial charge is 0.437 e. The van der Waals surface area contributed by atoms with Crippen molar-refractivity contribution >= 4 is 23.8 Å². The Morgan fingerprint density at radius 2 is 1.94 bits per heavy atom. The Kier molecular flexibility index (Phi) is 6.94. The van der Waals surface area contributed by atoms with Crippen molar-refractivity contribution in [2.24, 2.45) is 0 Å². The van der Waals surface area contributed by atoms with E-state index < -0.39 is 42.0 Å². The molecule has 2 N–H and O–H groups in total. The molecular weight excluding hydrogens is 483 g/mol. The maximum Gasteiger partial charge on any atom is 0.437 e. The van der Waals surface area contributed by atoms with Crippen LogP contribution >= 0.6 is 0 Å². The van der Waals surface area contributed by atoms with Crippen molar-refractivity contribution in [2.45, 2.75) is 51.1 Å². The van der Waals surface area contributed by atoms with Gasteiger partial charge in [0, 0.05) is 24.7 Å². The maximum absolute atomic E-state index is 13.7. The molecule has 4 rings (SSSR count). The summed E-state index contributed by atoms with van der Waals surface area (Å²) in [7, 11) is 0. The number of hydrogen-bond donors (Lipinski definition) is 2. The molecule has 2 aliphatic rings. The van der Waals surface area contributed by atoms with Crippen molar-refractivity contribution in [2.75, 3.05) is 29.5 Å². The van der Waals surface area contributed by atoms with Gasteiger partial charge in [0.15, 0.2) is 11.4 Å². The van der Waals surface area contributed by atoms with Crippen LogP contribution in [-0.4, -0.2) is 58.5 Å². The van der Waals surface area contributed by atoms with Crippen LogP contribution in [0.5, 0.6) is 5.75 Å². The number of nitrogens with zero attached hydrogens (tertiary/aromatic N) is 4. The number of carbonyl (C=O) groups excluding carboxylic acids is 2. The van der Waals surface area contributed by atoms with E-state index in [4.69, 9.17) is 9.47 Å². The minimum absolute atomic E-state index is 0.161. The second kappa shape index (κ2) is 9.80. The van der Waals surface area contributed by atoms with E-state index in [1.165, 1.54) is 13.8 Å². The van der Waals surface area contributed by atoms with Crippen molar-refractivity contribution in [3.63, 3.8) is 0 Å². The zero-order valence-electron chi connectivity index (χ0n) is 19.7. The molecule has 0 atom stereocenters. The minimum atomic E-state index is -4.90. The number of alkyl halides is 3. The first-order valence-corrected chi connectivity index (χ1v) is 11.3. The molecule has 1 fully saturated rings. The van der Waals surface area contributed by atoms with Gasteiger partial charge in [-0.25, -0.2) is 19.6 Å². The summed E-state index contributed by atoms with van der Waals surface area (Å²) in [5.41, 5.74) is -0.825. The third-order valence-electron chi connectivity index (χ3n) is 5.96. The molecule has 36 heavy (non-hydrogen) atoms. The highest BCUT2D eigenvalue weighted by molar-refractivity contribution is 5.91. The van der Waals surface area contributed by atoms with E-state index in [0.29, 0.717) is 25.9 Å². The SMILES string of the molecule is CC(C)(CO)NC(=O)Oc1cnc(N2CCC(N3C(=O)OCc4ccccc43)CC2)nc1C(F)(F)F. The summed E-state index contributed by atoms with van der Waals surface area (Å²) in [6, 6.07) is 7.22. The molecule has 1 saturated heterocycles. The Labute approximate surface area is 205 Å².